The fourth-order valence-electron chi connectivity index (χ4n) is 3.59. The summed E-state index contributed by atoms with van der Waals surface area (Å²) in [6, 6.07) is 13.7. The van der Waals surface area contributed by atoms with Crippen molar-refractivity contribution in [1.29, 1.82) is 0 Å². The van der Waals surface area contributed by atoms with Crippen LogP contribution in [-0.4, -0.2) is 49.5 Å². The van der Waals surface area contributed by atoms with Gasteiger partial charge in [0.15, 0.2) is 0 Å². The molecule has 34 heavy (non-hydrogen) atoms. The topological polar surface area (TPSA) is 86.8 Å². The van der Waals surface area contributed by atoms with Crippen LogP contribution in [0.2, 0.25) is 0 Å². The quantitative estimate of drug-likeness (QED) is 0.504. The Labute approximate surface area is 211 Å². The third-order valence-electron chi connectivity index (χ3n) is 5.29. The molecule has 0 unspecified atom stereocenters. The van der Waals surface area contributed by atoms with Crippen molar-refractivity contribution in [3.05, 3.63) is 64.1 Å². The fourth-order valence-corrected chi connectivity index (χ4v) is 5.07. The first-order valence-corrected chi connectivity index (χ1v) is 13.8. The van der Waals surface area contributed by atoms with Crippen LogP contribution in [0.25, 0.3) is 0 Å². The summed E-state index contributed by atoms with van der Waals surface area (Å²) in [5.41, 5.74) is 1.76. The molecule has 2 aromatic carbocycles. The van der Waals surface area contributed by atoms with E-state index >= 15 is 0 Å². The van der Waals surface area contributed by atoms with Gasteiger partial charge in [0.25, 0.3) is 0 Å². The Balaban J connectivity index is 2.49. The number of nitrogens with zero attached hydrogens (tertiary/aromatic N) is 2. The number of carbonyl (C=O) groups excluding carboxylic acids is 2. The first kappa shape index (κ1) is 27.9. The number of carbonyl (C=O) groups is 2. The maximum absolute atomic E-state index is 13.7. The summed E-state index contributed by atoms with van der Waals surface area (Å²) in [5.74, 6) is -0.732. The van der Waals surface area contributed by atoms with Crippen molar-refractivity contribution in [2.45, 2.75) is 59.2 Å². The smallest absolute Gasteiger partial charge is 0.244 e. The molecule has 2 amide bonds. The number of rotatable bonds is 9. The molecule has 0 saturated carbocycles. The molecule has 2 aromatic rings. The van der Waals surface area contributed by atoms with Gasteiger partial charge in [0.1, 0.15) is 12.6 Å². The molecule has 1 N–H and O–H groups in total. The van der Waals surface area contributed by atoms with Gasteiger partial charge in [0.2, 0.25) is 21.8 Å². The zero-order valence-corrected chi connectivity index (χ0v) is 23.0. The Hall–Kier alpha value is -2.39. The summed E-state index contributed by atoms with van der Waals surface area (Å²) < 4.78 is 27.0. The summed E-state index contributed by atoms with van der Waals surface area (Å²) in [6.07, 6.45) is 1.45. The third kappa shape index (κ3) is 7.56. The second-order valence-corrected chi connectivity index (χ2v) is 12.1. The van der Waals surface area contributed by atoms with Crippen LogP contribution in [0.5, 0.6) is 0 Å². The van der Waals surface area contributed by atoms with Gasteiger partial charge in [-0.1, -0.05) is 43.3 Å². The first-order valence-electron chi connectivity index (χ1n) is 11.1. The van der Waals surface area contributed by atoms with E-state index in [1.165, 1.54) is 4.90 Å². The highest BCUT2D eigenvalue weighted by Crippen LogP contribution is 2.28. The van der Waals surface area contributed by atoms with Crippen LogP contribution in [0.3, 0.4) is 0 Å². The Morgan fingerprint density at radius 2 is 1.65 bits per heavy atom. The predicted molar refractivity (Wildman–Crippen MR) is 140 cm³/mol. The fraction of sp³-hybridized carbons (Fsp3) is 0.440. The summed E-state index contributed by atoms with van der Waals surface area (Å²) in [6.45, 7) is 9.18. The number of hydrogen-bond donors (Lipinski definition) is 1. The highest BCUT2D eigenvalue weighted by molar-refractivity contribution is 9.10. The van der Waals surface area contributed by atoms with Crippen LogP contribution in [0, 0.1) is 6.92 Å². The predicted octanol–water partition coefficient (Wildman–Crippen LogP) is 4.25. The number of sulfonamides is 1. The summed E-state index contributed by atoms with van der Waals surface area (Å²) in [5, 5.41) is 2.96. The minimum absolute atomic E-state index is 0.190. The molecule has 0 heterocycles. The molecule has 0 fully saturated rings. The van der Waals surface area contributed by atoms with Gasteiger partial charge < -0.3 is 10.2 Å². The third-order valence-corrected chi connectivity index (χ3v) is 7.08. The lowest BCUT2D eigenvalue weighted by Gasteiger charge is -2.35. The number of anilines is 1. The normalized spacial score (nSPS) is 12.7. The molecule has 0 aliphatic heterocycles. The molecule has 9 heteroatoms. The summed E-state index contributed by atoms with van der Waals surface area (Å²) in [7, 11) is -3.78. The standard InChI is InChI=1S/C25H34BrN3O4S/c1-7-21(24(31)27-25(3,4)5)28(16-19-13-9-8-12-18(19)2)23(30)17-29(34(6,32)33)22-15-11-10-14-20(22)26/h8-15,21H,7,16-17H2,1-6H3,(H,27,31)/t21-/m0/s1. The van der Waals surface area contributed by atoms with Crippen LogP contribution in [0.1, 0.15) is 45.2 Å². The number of amides is 2. The van der Waals surface area contributed by atoms with Crippen LogP contribution in [0.4, 0.5) is 5.69 Å². The largest absolute Gasteiger partial charge is 0.350 e. The van der Waals surface area contributed by atoms with Gasteiger partial charge in [-0.25, -0.2) is 8.42 Å². The lowest BCUT2D eigenvalue weighted by atomic mass is 10.0. The van der Waals surface area contributed by atoms with E-state index in [0.717, 1.165) is 21.7 Å². The molecule has 7 nitrogen and oxygen atoms in total. The highest BCUT2D eigenvalue weighted by Gasteiger charge is 2.33. The second-order valence-electron chi connectivity index (χ2n) is 9.33. The van der Waals surface area contributed by atoms with Crippen molar-refractivity contribution in [3.8, 4) is 0 Å². The summed E-state index contributed by atoms with van der Waals surface area (Å²) in [4.78, 5) is 28.4. The Bertz CT molecular complexity index is 1130. The maximum atomic E-state index is 13.7. The average molecular weight is 553 g/mol. The molecule has 0 radical (unpaired) electrons. The van der Waals surface area contributed by atoms with Crippen LogP contribution < -0.4 is 9.62 Å². The molecule has 0 saturated heterocycles. The Morgan fingerprint density at radius 1 is 1.06 bits per heavy atom. The van der Waals surface area contributed by atoms with Crippen molar-refractivity contribution >= 4 is 43.5 Å². The van der Waals surface area contributed by atoms with E-state index in [-0.39, 0.29) is 12.5 Å². The van der Waals surface area contributed by atoms with Crippen molar-refractivity contribution in [2.24, 2.45) is 0 Å². The molecule has 0 aliphatic rings. The average Bonchev–Trinajstić information content (AvgIpc) is 2.71. The number of hydrogen-bond acceptors (Lipinski definition) is 4. The first-order chi connectivity index (χ1) is 15.7. The molecule has 2 rings (SSSR count). The molecule has 186 valence electrons. The molecule has 1 atom stereocenters. The second kappa shape index (κ2) is 11.4. The van der Waals surface area contributed by atoms with Gasteiger partial charge in [-0.15, -0.1) is 0 Å². The van der Waals surface area contributed by atoms with E-state index in [2.05, 4.69) is 21.2 Å². The van der Waals surface area contributed by atoms with E-state index in [1.54, 1.807) is 24.3 Å². The van der Waals surface area contributed by atoms with Gasteiger partial charge in [0, 0.05) is 16.6 Å². The van der Waals surface area contributed by atoms with Gasteiger partial charge >= 0.3 is 0 Å². The number of benzene rings is 2. The minimum atomic E-state index is -3.78. The number of halogens is 1. The van der Waals surface area contributed by atoms with Crippen molar-refractivity contribution in [1.82, 2.24) is 10.2 Å². The van der Waals surface area contributed by atoms with Crippen molar-refractivity contribution in [3.63, 3.8) is 0 Å². The molecular formula is C25H34BrN3O4S. The van der Waals surface area contributed by atoms with Crippen LogP contribution >= 0.6 is 15.9 Å². The molecule has 0 spiro atoms. The zero-order chi connectivity index (χ0) is 25.7. The number of aryl methyl sites for hydroxylation is 1. The SMILES string of the molecule is CC[C@@H](C(=O)NC(C)(C)C)N(Cc1ccccc1C)C(=O)CN(c1ccccc1Br)S(C)(=O)=O. The van der Waals surface area contributed by atoms with E-state index in [1.807, 2.05) is 58.9 Å². The van der Waals surface area contributed by atoms with Crippen molar-refractivity contribution in [2.75, 3.05) is 17.1 Å². The molecule has 0 bridgehead atoms. The zero-order valence-electron chi connectivity index (χ0n) is 20.6. The number of para-hydroxylation sites is 1. The molecular weight excluding hydrogens is 518 g/mol. The monoisotopic (exact) mass is 551 g/mol. The van der Waals surface area contributed by atoms with E-state index in [4.69, 9.17) is 0 Å². The minimum Gasteiger partial charge on any atom is -0.350 e. The van der Waals surface area contributed by atoms with Gasteiger partial charge in [-0.05, 0) is 73.3 Å². The molecule has 0 aromatic heterocycles. The maximum Gasteiger partial charge on any atom is 0.244 e. The van der Waals surface area contributed by atoms with Crippen LogP contribution in [-0.2, 0) is 26.2 Å². The van der Waals surface area contributed by atoms with Gasteiger partial charge in [-0.2, -0.15) is 0 Å². The summed E-state index contributed by atoms with van der Waals surface area (Å²) >= 11 is 3.38. The van der Waals surface area contributed by atoms with E-state index < -0.39 is 34.1 Å². The Morgan fingerprint density at radius 3 is 2.18 bits per heavy atom. The lowest BCUT2D eigenvalue weighted by molar-refractivity contribution is -0.141. The van der Waals surface area contributed by atoms with E-state index in [0.29, 0.717) is 16.6 Å². The van der Waals surface area contributed by atoms with Crippen molar-refractivity contribution < 1.29 is 18.0 Å². The van der Waals surface area contributed by atoms with Gasteiger partial charge in [0.05, 0.1) is 11.9 Å². The lowest BCUT2D eigenvalue weighted by Crippen LogP contribution is -2.55. The Kier molecular flexibility index (Phi) is 9.30. The van der Waals surface area contributed by atoms with Crippen LogP contribution in [0.15, 0.2) is 53.0 Å². The number of nitrogens with one attached hydrogen (secondary N) is 1. The van der Waals surface area contributed by atoms with Gasteiger partial charge in [-0.3, -0.25) is 13.9 Å². The molecule has 0 aliphatic carbocycles. The highest BCUT2D eigenvalue weighted by atomic mass is 79.9. The van der Waals surface area contributed by atoms with E-state index in [9.17, 15) is 18.0 Å².